The van der Waals surface area contributed by atoms with Crippen molar-refractivity contribution >= 4 is 28.5 Å². The number of rotatable bonds is 11. The fourth-order valence-corrected chi connectivity index (χ4v) is 5.50. The molecule has 3 N–H and O–H groups in total. The highest BCUT2D eigenvalue weighted by Crippen LogP contribution is 2.39. The van der Waals surface area contributed by atoms with Crippen LogP contribution in [0, 0.1) is 0 Å². The van der Waals surface area contributed by atoms with E-state index in [2.05, 4.69) is 72.0 Å². The minimum absolute atomic E-state index is 0.0150. The molecule has 5 rings (SSSR count). The number of nitrogens with zero attached hydrogens (tertiary/aromatic N) is 1. The van der Waals surface area contributed by atoms with Gasteiger partial charge in [-0.05, 0) is 66.6 Å². The number of fused-ring (bicyclic) bond motifs is 1. The average molecular weight is 612 g/mol. The van der Waals surface area contributed by atoms with Gasteiger partial charge in [0, 0.05) is 30.3 Å². The lowest BCUT2D eigenvalue weighted by molar-refractivity contribution is -0.253. The Kier molecular flexibility index (Phi) is 10.8. The Hall–Kier alpha value is -4.28. The molecule has 2 amide bonds. The number of aliphatic hydroxyl groups excluding tert-OH is 1. The van der Waals surface area contributed by atoms with Crippen LogP contribution in [0.2, 0.25) is 0 Å². The predicted molar refractivity (Wildman–Crippen MR) is 174 cm³/mol. The van der Waals surface area contributed by atoms with Gasteiger partial charge in [0.05, 0.1) is 25.4 Å². The number of ether oxygens (including phenoxy) is 3. The molecular formula is C36H41N3O6. The average Bonchev–Trinajstić information content (AvgIpc) is 3.07. The molecule has 45 heavy (non-hydrogen) atoms. The highest BCUT2D eigenvalue weighted by atomic mass is 16.7. The lowest BCUT2D eigenvalue weighted by Crippen LogP contribution is -2.38. The molecule has 236 valence electrons. The summed E-state index contributed by atoms with van der Waals surface area (Å²) in [6.07, 6.45) is -0.283. The summed E-state index contributed by atoms with van der Waals surface area (Å²) in [7, 11) is 2.12. The van der Waals surface area contributed by atoms with Crippen LogP contribution < -0.4 is 10.6 Å². The first-order valence-electron chi connectivity index (χ1n) is 15.3. The quantitative estimate of drug-likeness (QED) is 0.172. The van der Waals surface area contributed by atoms with E-state index in [1.54, 1.807) is 19.1 Å². The van der Waals surface area contributed by atoms with Crippen molar-refractivity contribution in [3.8, 4) is 0 Å². The Morgan fingerprint density at radius 1 is 0.956 bits per heavy atom. The van der Waals surface area contributed by atoms with Crippen molar-refractivity contribution in [2.24, 2.45) is 0 Å². The summed E-state index contributed by atoms with van der Waals surface area (Å²) in [5.41, 5.74) is 4.49. The summed E-state index contributed by atoms with van der Waals surface area (Å²) in [5.74, 6) is -0.498. The van der Waals surface area contributed by atoms with Crippen molar-refractivity contribution in [1.29, 1.82) is 0 Å². The van der Waals surface area contributed by atoms with E-state index in [-0.39, 0.29) is 38.0 Å². The molecule has 4 atom stereocenters. The Balaban J connectivity index is 1.29. The zero-order chi connectivity index (χ0) is 31.8. The molecule has 1 fully saturated rings. The maximum absolute atomic E-state index is 12.2. The largest absolute Gasteiger partial charge is 0.465 e. The first kappa shape index (κ1) is 32.1. The van der Waals surface area contributed by atoms with Crippen molar-refractivity contribution in [1.82, 2.24) is 10.2 Å². The molecule has 0 aliphatic carbocycles. The summed E-state index contributed by atoms with van der Waals surface area (Å²) in [6.45, 7) is 4.64. The predicted octanol–water partition coefficient (Wildman–Crippen LogP) is 6.26. The summed E-state index contributed by atoms with van der Waals surface area (Å²) in [6, 6.07) is 29.8. The molecule has 0 saturated carbocycles. The molecule has 4 aromatic carbocycles. The maximum Gasteiger partial charge on any atom is 0.325 e. The fraction of sp³-hybridized carbons (Fsp3) is 0.333. The van der Waals surface area contributed by atoms with Gasteiger partial charge in [-0.2, -0.15) is 0 Å². The summed E-state index contributed by atoms with van der Waals surface area (Å²) in [4.78, 5) is 26.1. The molecule has 1 heterocycles. The van der Waals surface area contributed by atoms with Crippen LogP contribution in [0.15, 0.2) is 91.0 Å². The number of likely N-dealkylation sites (N-methyl/N-ethyl adjacent to an activating group) is 1. The SMILES string of the molecule is CCOC(=O)CNC(=O)Nc1ccc([C@@H]2O[C@H](CN(C)[C@H](C)c3ccc4ccccc4c3)C[C@H](c3ccc(CO)cc3)O2)cc1. The van der Waals surface area contributed by atoms with Gasteiger partial charge in [0.2, 0.25) is 0 Å². The van der Waals surface area contributed by atoms with E-state index in [9.17, 15) is 14.7 Å². The molecule has 0 spiro atoms. The number of anilines is 1. The Morgan fingerprint density at radius 3 is 2.38 bits per heavy atom. The van der Waals surface area contributed by atoms with Gasteiger partial charge in [0.1, 0.15) is 6.54 Å². The fourth-order valence-electron chi connectivity index (χ4n) is 5.50. The zero-order valence-corrected chi connectivity index (χ0v) is 25.9. The second-order valence-corrected chi connectivity index (χ2v) is 11.3. The molecule has 1 aliphatic rings. The number of hydrogen-bond acceptors (Lipinski definition) is 7. The van der Waals surface area contributed by atoms with Crippen LogP contribution in [0.4, 0.5) is 10.5 Å². The zero-order valence-electron chi connectivity index (χ0n) is 25.9. The summed E-state index contributed by atoms with van der Waals surface area (Å²) in [5, 5.41) is 17.2. The minimum Gasteiger partial charge on any atom is -0.465 e. The Labute approximate surface area is 264 Å². The van der Waals surface area contributed by atoms with Gasteiger partial charge >= 0.3 is 12.0 Å². The van der Waals surface area contributed by atoms with E-state index in [4.69, 9.17) is 14.2 Å². The lowest BCUT2D eigenvalue weighted by Gasteiger charge is -2.39. The smallest absolute Gasteiger partial charge is 0.325 e. The van der Waals surface area contributed by atoms with Crippen LogP contribution >= 0.6 is 0 Å². The van der Waals surface area contributed by atoms with E-state index >= 15 is 0 Å². The molecule has 1 aliphatic heterocycles. The molecule has 0 bridgehead atoms. The standard InChI is InChI=1S/C36H41N3O6/c1-4-43-34(41)21-37-36(42)38-31-17-15-28(16-18-31)35-44-32(20-33(45-35)27-11-9-25(23-40)10-12-27)22-39(3)24(2)29-14-13-26-7-5-6-8-30(26)19-29/h5-19,24,32-33,35,40H,4,20-23H2,1-3H3,(H2,37,38,42)/t24-,32+,33-,35-/m1/s1. The number of carbonyl (C=O) groups excluding carboxylic acids is 2. The van der Waals surface area contributed by atoms with Gasteiger partial charge in [0.15, 0.2) is 6.29 Å². The maximum atomic E-state index is 12.2. The Bertz CT molecular complexity index is 1580. The molecule has 1 saturated heterocycles. The first-order valence-corrected chi connectivity index (χ1v) is 15.3. The van der Waals surface area contributed by atoms with Crippen molar-refractivity contribution in [3.05, 3.63) is 113 Å². The Morgan fingerprint density at radius 2 is 1.67 bits per heavy atom. The second kappa shape index (κ2) is 15.1. The topological polar surface area (TPSA) is 109 Å². The molecular weight excluding hydrogens is 570 g/mol. The number of hydrogen-bond donors (Lipinski definition) is 3. The van der Waals surface area contributed by atoms with Gasteiger partial charge in [0.25, 0.3) is 0 Å². The number of aliphatic hydroxyl groups is 1. The molecule has 0 aromatic heterocycles. The number of benzene rings is 4. The van der Waals surface area contributed by atoms with Crippen molar-refractivity contribution in [2.45, 2.75) is 51.4 Å². The number of esters is 1. The third-order valence-electron chi connectivity index (χ3n) is 8.16. The van der Waals surface area contributed by atoms with Crippen LogP contribution in [-0.4, -0.2) is 54.9 Å². The first-order chi connectivity index (χ1) is 21.8. The number of nitrogens with one attached hydrogen (secondary N) is 2. The number of carbonyl (C=O) groups is 2. The summed E-state index contributed by atoms with van der Waals surface area (Å²) >= 11 is 0. The molecule has 0 unspecified atom stereocenters. The highest BCUT2D eigenvalue weighted by molar-refractivity contribution is 5.91. The van der Waals surface area contributed by atoms with Crippen LogP contribution in [0.1, 0.15) is 61.0 Å². The van der Waals surface area contributed by atoms with Gasteiger partial charge in [-0.15, -0.1) is 0 Å². The number of urea groups is 1. The van der Waals surface area contributed by atoms with Gasteiger partial charge < -0.3 is 30.0 Å². The van der Waals surface area contributed by atoms with Crippen LogP contribution in [0.25, 0.3) is 10.8 Å². The third-order valence-corrected chi connectivity index (χ3v) is 8.16. The monoisotopic (exact) mass is 611 g/mol. The van der Waals surface area contributed by atoms with E-state index in [0.717, 1.165) is 16.7 Å². The molecule has 9 nitrogen and oxygen atoms in total. The molecule has 0 radical (unpaired) electrons. The van der Waals surface area contributed by atoms with Crippen molar-refractivity contribution in [2.75, 3.05) is 32.1 Å². The van der Waals surface area contributed by atoms with Crippen LogP contribution in [0.3, 0.4) is 0 Å². The normalized spacial score (nSPS) is 18.8. The van der Waals surface area contributed by atoms with Crippen LogP contribution in [0.5, 0.6) is 0 Å². The van der Waals surface area contributed by atoms with E-state index in [0.29, 0.717) is 18.7 Å². The summed E-state index contributed by atoms with van der Waals surface area (Å²) < 4.78 is 17.9. The lowest BCUT2D eigenvalue weighted by atomic mass is 9.98. The second-order valence-electron chi connectivity index (χ2n) is 11.3. The molecule has 9 heteroatoms. The van der Waals surface area contributed by atoms with Crippen molar-refractivity contribution in [3.63, 3.8) is 0 Å². The number of amides is 2. The van der Waals surface area contributed by atoms with Gasteiger partial charge in [-0.3, -0.25) is 9.69 Å². The molecule has 4 aromatic rings. The third kappa shape index (κ3) is 8.46. The van der Waals surface area contributed by atoms with E-state index < -0.39 is 18.3 Å². The van der Waals surface area contributed by atoms with Gasteiger partial charge in [-0.1, -0.05) is 72.8 Å². The van der Waals surface area contributed by atoms with E-state index in [1.807, 2.05) is 36.4 Å². The minimum atomic E-state index is -0.623. The van der Waals surface area contributed by atoms with Gasteiger partial charge in [-0.25, -0.2) is 4.79 Å². The highest BCUT2D eigenvalue weighted by Gasteiger charge is 2.33. The van der Waals surface area contributed by atoms with E-state index in [1.165, 1.54) is 16.3 Å². The van der Waals surface area contributed by atoms with Crippen LogP contribution in [-0.2, 0) is 25.6 Å². The van der Waals surface area contributed by atoms with Crippen molar-refractivity contribution < 1.29 is 28.9 Å².